The molecule has 92 valence electrons. The molecule has 0 aromatic rings. The minimum absolute atomic E-state index is 0. The first-order valence-electron chi connectivity index (χ1n) is 4.70. The summed E-state index contributed by atoms with van der Waals surface area (Å²) in [6.07, 6.45) is 0.866. The number of ether oxygens (including phenoxy) is 1. The Morgan fingerprint density at radius 3 is 2.38 bits per heavy atom. The van der Waals surface area contributed by atoms with E-state index in [1.807, 2.05) is 0 Å². The summed E-state index contributed by atoms with van der Waals surface area (Å²) >= 11 is 0. The molecule has 0 unspecified atom stereocenters. The molecule has 0 spiro atoms. The Balaban J connectivity index is 0.00000225. The lowest BCUT2D eigenvalue weighted by Crippen LogP contribution is -2.32. The normalized spacial score (nSPS) is 14.9. The first-order chi connectivity index (χ1) is 7.15. The second kappa shape index (κ2) is 6.95. The highest BCUT2D eigenvalue weighted by Gasteiger charge is 2.32. The summed E-state index contributed by atoms with van der Waals surface area (Å²) in [6.45, 7) is 0.441. The maximum Gasteiger partial charge on any atom is 0.333 e. The van der Waals surface area contributed by atoms with Crippen molar-refractivity contribution in [2.24, 2.45) is 0 Å². The highest BCUT2D eigenvalue weighted by Crippen LogP contribution is 2.12. The Bertz CT molecular complexity index is 260. The molecule has 16 heavy (non-hydrogen) atoms. The standard InChI is InChI=1S/C9H13NO5.CH4/c1-14-6-2-3-9(13)15-10-7(11)4-5-8(10)12;/h2-6H2,1H3;1H4. The van der Waals surface area contributed by atoms with Crippen LogP contribution >= 0.6 is 0 Å². The van der Waals surface area contributed by atoms with Crippen molar-refractivity contribution < 1.29 is 24.0 Å². The van der Waals surface area contributed by atoms with Crippen LogP contribution in [0.1, 0.15) is 33.1 Å². The van der Waals surface area contributed by atoms with E-state index in [0.717, 1.165) is 0 Å². The van der Waals surface area contributed by atoms with Gasteiger partial charge in [0, 0.05) is 26.6 Å². The van der Waals surface area contributed by atoms with Gasteiger partial charge in [-0.2, -0.15) is 0 Å². The second-order valence-electron chi connectivity index (χ2n) is 3.14. The Morgan fingerprint density at radius 1 is 1.31 bits per heavy atom. The van der Waals surface area contributed by atoms with Crippen LogP contribution in [0.15, 0.2) is 0 Å². The molecular formula is C10H17NO5. The fourth-order valence-corrected chi connectivity index (χ4v) is 1.17. The van der Waals surface area contributed by atoms with Gasteiger partial charge in [0.15, 0.2) is 0 Å². The minimum atomic E-state index is -0.587. The molecule has 1 saturated heterocycles. The summed E-state index contributed by atoms with van der Waals surface area (Å²) in [7, 11) is 1.53. The van der Waals surface area contributed by atoms with E-state index in [4.69, 9.17) is 4.74 Å². The zero-order chi connectivity index (χ0) is 11.3. The molecule has 1 aliphatic rings. The maximum absolute atomic E-state index is 11.1. The van der Waals surface area contributed by atoms with Gasteiger partial charge in [-0.25, -0.2) is 4.79 Å². The van der Waals surface area contributed by atoms with Crippen LogP contribution < -0.4 is 0 Å². The van der Waals surface area contributed by atoms with Crippen molar-refractivity contribution in [3.63, 3.8) is 0 Å². The van der Waals surface area contributed by atoms with Crippen LogP contribution in [0, 0.1) is 0 Å². The molecule has 6 heteroatoms. The molecule has 1 fully saturated rings. The topological polar surface area (TPSA) is 72.9 Å². The zero-order valence-corrected chi connectivity index (χ0v) is 8.52. The lowest BCUT2D eigenvalue weighted by Gasteiger charge is -2.12. The van der Waals surface area contributed by atoms with E-state index in [1.54, 1.807) is 0 Å². The van der Waals surface area contributed by atoms with Gasteiger partial charge in [-0.3, -0.25) is 9.59 Å². The number of imide groups is 1. The number of hydroxylamine groups is 2. The van der Waals surface area contributed by atoms with Crippen LogP contribution in [0.5, 0.6) is 0 Å². The van der Waals surface area contributed by atoms with Gasteiger partial charge in [0.1, 0.15) is 0 Å². The van der Waals surface area contributed by atoms with Crippen LogP contribution in [0.3, 0.4) is 0 Å². The molecule has 0 radical (unpaired) electrons. The molecule has 6 nitrogen and oxygen atoms in total. The van der Waals surface area contributed by atoms with Gasteiger partial charge < -0.3 is 9.57 Å². The number of nitrogens with zero attached hydrogens (tertiary/aromatic N) is 1. The van der Waals surface area contributed by atoms with Gasteiger partial charge in [-0.05, 0) is 6.42 Å². The fraction of sp³-hybridized carbons (Fsp3) is 0.700. The number of rotatable bonds is 5. The number of carbonyl (C=O) groups excluding carboxylic acids is 3. The van der Waals surface area contributed by atoms with E-state index in [0.29, 0.717) is 18.1 Å². The molecule has 2 amide bonds. The van der Waals surface area contributed by atoms with E-state index in [-0.39, 0.29) is 26.7 Å². The second-order valence-corrected chi connectivity index (χ2v) is 3.14. The van der Waals surface area contributed by atoms with Crippen molar-refractivity contribution >= 4 is 17.8 Å². The first kappa shape index (κ1) is 14.6. The average molecular weight is 231 g/mol. The number of amides is 2. The smallest absolute Gasteiger partial charge is 0.333 e. The van der Waals surface area contributed by atoms with Gasteiger partial charge in [-0.1, -0.05) is 7.43 Å². The lowest BCUT2D eigenvalue weighted by atomic mass is 10.3. The molecule has 0 saturated carbocycles. The van der Waals surface area contributed by atoms with E-state index in [1.165, 1.54) is 7.11 Å². The largest absolute Gasteiger partial charge is 0.385 e. The molecular weight excluding hydrogens is 214 g/mol. The average Bonchev–Trinajstić information content (AvgIpc) is 2.50. The summed E-state index contributed by atoms with van der Waals surface area (Å²) in [6, 6.07) is 0. The summed E-state index contributed by atoms with van der Waals surface area (Å²) < 4.78 is 4.75. The van der Waals surface area contributed by atoms with Crippen LogP contribution in [-0.4, -0.2) is 36.6 Å². The van der Waals surface area contributed by atoms with E-state index in [2.05, 4.69) is 4.84 Å². The van der Waals surface area contributed by atoms with Gasteiger partial charge in [0.25, 0.3) is 11.8 Å². The predicted molar refractivity (Wildman–Crippen MR) is 55.0 cm³/mol. The number of hydrogen-bond acceptors (Lipinski definition) is 5. The van der Waals surface area contributed by atoms with Crippen molar-refractivity contribution in [1.29, 1.82) is 0 Å². The molecule has 1 heterocycles. The summed E-state index contributed by atoms with van der Waals surface area (Å²) in [5.74, 6) is -1.50. The number of hydrogen-bond donors (Lipinski definition) is 0. The van der Waals surface area contributed by atoms with Gasteiger partial charge in [0.05, 0.1) is 6.42 Å². The van der Waals surface area contributed by atoms with Crippen molar-refractivity contribution in [1.82, 2.24) is 5.06 Å². The molecule has 0 aliphatic carbocycles. The molecule has 1 rings (SSSR count). The SMILES string of the molecule is C.COCCCC(=O)ON1C(=O)CCC1=O. The van der Waals surface area contributed by atoms with Crippen molar-refractivity contribution in [2.75, 3.05) is 13.7 Å². The Hall–Kier alpha value is -1.43. The minimum Gasteiger partial charge on any atom is -0.385 e. The van der Waals surface area contributed by atoms with E-state index in [9.17, 15) is 14.4 Å². The van der Waals surface area contributed by atoms with Crippen LogP contribution in [0.4, 0.5) is 0 Å². The molecule has 0 aromatic heterocycles. The first-order valence-corrected chi connectivity index (χ1v) is 4.70. The van der Waals surface area contributed by atoms with Gasteiger partial charge in [-0.15, -0.1) is 5.06 Å². The van der Waals surface area contributed by atoms with E-state index < -0.39 is 17.8 Å². The fourth-order valence-electron chi connectivity index (χ4n) is 1.17. The molecule has 0 atom stereocenters. The predicted octanol–water partition coefficient (Wildman–Crippen LogP) is 0.656. The Morgan fingerprint density at radius 2 is 1.88 bits per heavy atom. The summed E-state index contributed by atoms with van der Waals surface area (Å²) in [4.78, 5) is 37.9. The third-order valence-electron chi connectivity index (χ3n) is 1.93. The molecule has 0 aromatic carbocycles. The monoisotopic (exact) mass is 231 g/mol. The summed E-state index contributed by atoms with van der Waals surface area (Å²) in [5.41, 5.74) is 0. The molecule has 0 bridgehead atoms. The third kappa shape index (κ3) is 3.98. The highest BCUT2D eigenvalue weighted by atomic mass is 16.7. The van der Waals surface area contributed by atoms with Crippen LogP contribution in [-0.2, 0) is 24.0 Å². The number of methoxy groups -OCH3 is 1. The lowest BCUT2D eigenvalue weighted by molar-refractivity contribution is -0.197. The van der Waals surface area contributed by atoms with Crippen molar-refractivity contribution in [3.8, 4) is 0 Å². The van der Waals surface area contributed by atoms with Gasteiger partial charge in [0.2, 0.25) is 0 Å². The summed E-state index contributed by atoms with van der Waals surface area (Å²) in [5, 5.41) is 0.551. The molecule has 1 aliphatic heterocycles. The Labute approximate surface area is 94.4 Å². The zero-order valence-electron chi connectivity index (χ0n) is 8.52. The van der Waals surface area contributed by atoms with Crippen molar-refractivity contribution in [2.45, 2.75) is 33.1 Å². The van der Waals surface area contributed by atoms with Crippen LogP contribution in [0.25, 0.3) is 0 Å². The third-order valence-corrected chi connectivity index (χ3v) is 1.93. The highest BCUT2D eigenvalue weighted by molar-refractivity contribution is 6.01. The van der Waals surface area contributed by atoms with E-state index >= 15 is 0 Å². The maximum atomic E-state index is 11.1. The molecule has 0 N–H and O–H groups in total. The Kier molecular flexibility index (Phi) is 6.32. The van der Waals surface area contributed by atoms with Crippen LogP contribution in [0.2, 0.25) is 0 Å². The van der Waals surface area contributed by atoms with Crippen molar-refractivity contribution in [3.05, 3.63) is 0 Å². The quantitative estimate of drug-likeness (QED) is 0.513. The number of carbonyl (C=O) groups is 3. The van der Waals surface area contributed by atoms with Gasteiger partial charge >= 0.3 is 5.97 Å².